The Bertz CT molecular complexity index is 1070. The van der Waals surface area contributed by atoms with Gasteiger partial charge in [-0.1, -0.05) is 18.2 Å². The van der Waals surface area contributed by atoms with Gasteiger partial charge < -0.3 is 4.90 Å². The number of hydrogen-bond acceptors (Lipinski definition) is 5. The smallest absolute Gasteiger partial charge is 0.255 e. The normalized spacial score (nSPS) is 15.3. The van der Waals surface area contributed by atoms with Gasteiger partial charge in [-0.3, -0.25) is 19.9 Å². The third-order valence-electron chi connectivity index (χ3n) is 4.75. The summed E-state index contributed by atoms with van der Waals surface area (Å²) >= 11 is 3.55. The Morgan fingerprint density at radius 3 is 2.62 bits per heavy atom. The molecule has 0 saturated heterocycles. The van der Waals surface area contributed by atoms with Crippen molar-refractivity contribution in [2.24, 2.45) is 0 Å². The molecule has 2 amide bonds. The summed E-state index contributed by atoms with van der Waals surface area (Å²) in [5.41, 5.74) is 3.38. The van der Waals surface area contributed by atoms with Crippen molar-refractivity contribution in [1.82, 2.24) is 19.9 Å². The molecule has 0 aliphatic carbocycles. The van der Waals surface area contributed by atoms with Crippen molar-refractivity contribution in [3.05, 3.63) is 81.8 Å². The van der Waals surface area contributed by atoms with E-state index in [1.165, 1.54) is 6.92 Å². The van der Waals surface area contributed by atoms with Crippen molar-refractivity contribution < 1.29 is 9.59 Å². The maximum atomic E-state index is 13.1. The van der Waals surface area contributed by atoms with Gasteiger partial charge in [0.25, 0.3) is 5.91 Å². The molecule has 29 heavy (non-hydrogen) atoms. The summed E-state index contributed by atoms with van der Waals surface area (Å²) in [6.45, 7) is 1.76. The molecule has 0 fully saturated rings. The lowest BCUT2D eigenvalue weighted by Gasteiger charge is -2.25. The van der Waals surface area contributed by atoms with E-state index in [-0.39, 0.29) is 23.8 Å². The average molecular weight is 452 g/mol. The molecule has 7 nitrogen and oxygen atoms in total. The summed E-state index contributed by atoms with van der Waals surface area (Å²) < 4.78 is 0.916. The summed E-state index contributed by atoms with van der Waals surface area (Å²) in [7, 11) is 0. The van der Waals surface area contributed by atoms with E-state index in [2.05, 4.69) is 36.2 Å². The number of aromatic nitrogens is 3. The van der Waals surface area contributed by atoms with Crippen LogP contribution in [0.15, 0.2) is 59.5 Å². The molecule has 4 rings (SSSR count). The number of nitrogens with zero attached hydrogens (tertiary/aromatic N) is 4. The first-order valence-corrected chi connectivity index (χ1v) is 9.90. The molecule has 0 bridgehead atoms. The van der Waals surface area contributed by atoms with E-state index in [0.29, 0.717) is 18.5 Å². The largest absolute Gasteiger partial charge is 0.327 e. The van der Waals surface area contributed by atoms with Crippen LogP contribution in [0.2, 0.25) is 0 Å². The van der Waals surface area contributed by atoms with Gasteiger partial charge in [0.15, 0.2) is 0 Å². The summed E-state index contributed by atoms with van der Waals surface area (Å²) in [5.74, 6) is -0.0150. The second-order valence-electron chi connectivity index (χ2n) is 6.77. The molecule has 0 saturated carbocycles. The number of amides is 2. The fraction of sp³-hybridized carbons (Fsp3) is 0.190. The quantitative estimate of drug-likeness (QED) is 0.640. The van der Waals surface area contributed by atoms with Gasteiger partial charge in [-0.25, -0.2) is 9.97 Å². The van der Waals surface area contributed by atoms with Crippen LogP contribution in [0.5, 0.6) is 0 Å². The maximum Gasteiger partial charge on any atom is 0.255 e. The fourth-order valence-corrected chi connectivity index (χ4v) is 3.87. The molecule has 3 heterocycles. The van der Waals surface area contributed by atoms with Crippen LogP contribution in [0, 0.1) is 0 Å². The molecule has 8 heteroatoms. The molecular weight excluding hydrogens is 434 g/mol. The summed E-state index contributed by atoms with van der Waals surface area (Å²) in [5, 5.41) is 2.54. The van der Waals surface area contributed by atoms with Gasteiger partial charge in [0.1, 0.15) is 0 Å². The topological polar surface area (TPSA) is 88.1 Å². The SMILES string of the molecule is CC(=O)Nc1ncc(CN2C(=O)c3ccccc3C2Cc2ncccc2Br)cn1. The zero-order chi connectivity index (χ0) is 20.4. The highest BCUT2D eigenvalue weighted by Crippen LogP contribution is 2.37. The predicted molar refractivity (Wildman–Crippen MR) is 111 cm³/mol. The van der Waals surface area contributed by atoms with E-state index < -0.39 is 0 Å². The molecule has 1 atom stereocenters. The lowest BCUT2D eigenvalue weighted by Crippen LogP contribution is -2.29. The van der Waals surface area contributed by atoms with Gasteiger partial charge >= 0.3 is 0 Å². The van der Waals surface area contributed by atoms with Gasteiger partial charge in [-0.15, -0.1) is 0 Å². The fourth-order valence-electron chi connectivity index (χ4n) is 3.46. The van der Waals surface area contributed by atoms with Crippen molar-refractivity contribution in [3.63, 3.8) is 0 Å². The zero-order valence-electron chi connectivity index (χ0n) is 15.7. The van der Waals surface area contributed by atoms with E-state index >= 15 is 0 Å². The highest BCUT2D eigenvalue weighted by atomic mass is 79.9. The number of carbonyl (C=O) groups is 2. The van der Waals surface area contributed by atoms with Gasteiger partial charge in [-0.05, 0) is 39.7 Å². The minimum Gasteiger partial charge on any atom is -0.327 e. The van der Waals surface area contributed by atoms with Crippen LogP contribution in [0.25, 0.3) is 0 Å². The first kappa shape index (κ1) is 19.2. The van der Waals surface area contributed by atoms with Crippen molar-refractivity contribution >= 4 is 33.7 Å². The van der Waals surface area contributed by atoms with Crippen LogP contribution in [-0.4, -0.2) is 31.7 Å². The molecule has 146 valence electrons. The van der Waals surface area contributed by atoms with Crippen LogP contribution in [0.1, 0.15) is 40.1 Å². The Labute approximate surface area is 176 Å². The Morgan fingerprint density at radius 1 is 1.14 bits per heavy atom. The molecule has 1 aliphatic heterocycles. The maximum absolute atomic E-state index is 13.1. The number of benzene rings is 1. The summed E-state index contributed by atoms with van der Waals surface area (Å²) in [4.78, 5) is 38.8. The van der Waals surface area contributed by atoms with E-state index in [1.54, 1.807) is 18.6 Å². The number of hydrogen-bond donors (Lipinski definition) is 1. The second-order valence-corrected chi connectivity index (χ2v) is 7.62. The highest BCUT2D eigenvalue weighted by Gasteiger charge is 2.36. The molecule has 3 aromatic rings. The zero-order valence-corrected chi connectivity index (χ0v) is 17.3. The van der Waals surface area contributed by atoms with Crippen molar-refractivity contribution in [2.45, 2.75) is 25.9 Å². The number of nitrogens with one attached hydrogen (secondary N) is 1. The first-order valence-electron chi connectivity index (χ1n) is 9.10. The molecule has 1 aromatic carbocycles. The molecule has 1 N–H and O–H groups in total. The molecule has 0 spiro atoms. The van der Waals surface area contributed by atoms with Crippen LogP contribution in [0.3, 0.4) is 0 Å². The van der Waals surface area contributed by atoms with Gasteiger partial charge in [0.2, 0.25) is 11.9 Å². The molecule has 0 radical (unpaired) electrons. The van der Waals surface area contributed by atoms with E-state index in [4.69, 9.17) is 0 Å². The van der Waals surface area contributed by atoms with Crippen molar-refractivity contribution in [3.8, 4) is 0 Å². The second kappa shape index (κ2) is 8.08. The molecule has 1 unspecified atom stereocenters. The molecular formula is C21H18BrN5O2. The highest BCUT2D eigenvalue weighted by molar-refractivity contribution is 9.10. The van der Waals surface area contributed by atoms with Crippen molar-refractivity contribution in [1.29, 1.82) is 0 Å². The van der Waals surface area contributed by atoms with Gasteiger partial charge in [0.05, 0.1) is 11.7 Å². The number of fused-ring (bicyclic) bond motifs is 1. The third-order valence-corrected chi connectivity index (χ3v) is 5.48. The number of halogens is 1. The average Bonchev–Trinajstić information content (AvgIpc) is 2.97. The standard InChI is InChI=1S/C21H18BrN5O2/c1-13(28)26-21-24-10-14(11-25-21)12-27-19(9-18-17(22)7-4-8-23-18)15-5-2-3-6-16(15)20(27)29/h2-8,10-11,19H,9,12H2,1H3,(H,24,25,26,28). The Hall–Kier alpha value is -3.13. The minimum absolute atomic E-state index is 0.0245. The van der Waals surface area contributed by atoms with Crippen LogP contribution in [0.4, 0.5) is 5.95 Å². The minimum atomic E-state index is -0.232. The Balaban J connectivity index is 1.62. The van der Waals surface area contributed by atoms with Gasteiger partial charge in [-0.2, -0.15) is 0 Å². The number of carbonyl (C=O) groups excluding carboxylic acids is 2. The Morgan fingerprint density at radius 2 is 1.90 bits per heavy atom. The van der Waals surface area contributed by atoms with E-state index in [1.807, 2.05) is 41.3 Å². The van der Waals surface area contributed by atoms with Crippen molar-refractivity contribution in [2.75, 3.05) is 5.32 Å². The summed E-state index contributed by atoms with van der Waals surface area (Å²) in [6, 6.07) is 11.3. The predicted octanol–water partition coefficient (Wildman–Crippen LogP) is 3.53. The van der Waals surface area contributed by atoms with E-state index in [0.717, 1.165) is 21.3 Å². The lowest BCUT2D eigenvalue weighted by molar-refractivity contribution is -0.114. The van der Waals surface area contributed by atoms with Crippen LogP contribution >= 0.6 is 15.9 Å². The first-order chi connectivity index (χ1) is 14.0. The molecule has 1 aliphatic rings. The molecule has 2 aromatic heterocycles. The summed E-state index contributed by atoms with van der Waals surface area (Å²) in [6.07, 6.45) is 5.60. The lowest BCUT2D eigenvalue weighted by atomic mass is 10.0. The third kappa shape index (κ3) is 4.02. The van der Waals surface area contributed by atoms with Crippen LogP contribution < -0.4 is 5.32 Å². The van der Waals surface area contributed by atoms with E-state index in [9.17, 15) is 9.59 Å². The number of pyridine rings is 1. The van der Waals surface area contributed by atoms with Crippen LogP contribution in [-0.2, 0) is 17.8 Å². The Kier molecular flexibility index (Phi) is 5.35. The number of anilines is 1. The monoisotopic (exact) mass is 451 g/mol. The van der Waals surface area contributed by atoms with Gasteiger partial charge in [0, 0.05) is 54.1 Å². The number of rotatable bonds is 5.